The number of aryl methyl sites for hydroxylation is 1. The smallest absolute Gasteiger partial charge is 0.321 e. The lowest BCUT2D eigenvalue weighted by atomic mass is 9.88. The number of nitrogens with zero attached hydrogens (tertiary/aromatic N) is 3. The molecule has 1 aliphatic rings. The number of nitriles is 1. The summed E-state index contributed by atoms with van der Waals surface area (Å²) < 4.78 is 7.49. The lowest BCUT2D eigenvalue weighted by molar-refractivity contribution is 0.0656. The third-order valence-electron chi connectivity index (χ3n) is 6.90. The van der Waals surface area contributed by atoms with Gasteiger partial charge in [-0.15, -0.1) is 0 Å². The topological polar surface area (TPSA) is 124 Å². The first kappa shape index (κ1) is 25.1. The Kier molecular flexibility index (Phi) is 7.43. The Morgan fingerprint density at radius 2 is 1.82 bits per heavy atom. The van der Waals surface area contributed by atoms with Crippen molar-refractivity contribution in [1.29, 1.82) is 5.26 Å². The van der Waals surface area contributed by atoms with E-state index in [0.29, 0.717) is 28.2 Å². The molecule has 1 aliphatic carbocycles. The predicted molar refractivity (Wildman–Crippen MR) is 146 cm³/mol. The molecule has 4 N–H and O–H groups in total. The fourth-order valence-corrected chi connectivity index (χ4v) is 4.86. The summed E-state index contributed by atoms with van der Waals surface area (Å²) in [5, 5.41) is 33.4. The number of hydrogen-bond acceptors (Lipinski definition) is 6. The van der Waals surface area contributed by atoms with E-state index in [4.69, 9.17) is 4.74 Å². The highest BCUT2D eigenvalue weighted by molar-refractivity contribution is 5.95. The van der Waals surface area contributed by atoms with Gasteiger partial charge < -0.3 is 25.8 Å². The van der Waals surface area contributed by atoms with Crippen LogP contribution in [0.2, 0.25) is 0 Å². The first-order chi connectivity index (χ1) is 18.5. The molecule has 0 spiro atoms. The van der Waals surface area contributed by atoms with Gasteiger partial charge in [0.15, 0.2) is 0 Å². The van der Waals surface area contributed by atoms with Gasteiger partial charge in [-0.25, -0.2) is 9.31 Å². The standard InChI is InChI=1S/C29H30N6O3/c1-19-25(33-29(37)34-28(36)20-8-4-2-5-9-20)18-35-27(19)26(21(16-30)17-31-35)32-22-12-14-24(15-13-22)38-23-10-6-3-7-11-23/h3,6-7,10-15,17-18,20,28,32,36H,2,4-5,8-9H2,1H3,(H2,33,34,37). The molecule has 0 radical (unpaired) electrons. The van der Waals surface area contributed by atoms with Gasteiger partial charge in [0, 0.05) is 17.2 Å². The van der Waals surface area contributed by atoms with Gasteiger partial charge in [-0.2, -0.15) is 10.4 Å². The van der Waals surface area contributed by atoms with E-state index in [-0.39, 0.29) is 5.92 Å². The van der Waals surface area contributed by atoms with E-state index in [1.165, 1.54) is 12.6 Å². The second kappa shape index (κ2) is 11.2. The van der Waals surface area contributed by atoms with Crippen LogP contribution < -0.4 is 20.7 Å². The molecule has 4 aromatic rings. The molecule has 1 fully saturated rings. The quantitative estimate of drug-likeness (QED) is 0.224. The summed E-state index contributed by atoms with van der Waals surface area (Å²) in [4.78, 5) is 12.7. The molecule has 0 bridgehead atoms. The average Bonchev–Trinajstić information content (AvgIpc) is 3.26. The fraction of sp³-hybridized carbons (Fsp3) is 0.276. The molecule has 2 aromatic heterocycles. The number of carbonyl (C=O) groups is 1. The Hall–Kier alpha value is -4.55. The van der Waals surface area contributed by atoms with Crippen LogP contribution in [-0.2, 0) is 0 Å². The zero-order valence-corrected chi connectivity index (χ0v) is 21.1. The number of rotatable bonds is 7. The van der Waals surface area contributed by atoms with Gasteiger partial charge in [0.2, 0.25) is 0 Å². The number of ether oxygens (including phenoxy) is 1. The molecule has 1 unspecified atom stereocenters. The Labute approximate surface area is 221 Å². The number of benzene rings is 2. The summed E-state index contributed by atoms with van der Waals surface area (Å²) >= 11 is 0. The third-order valence-corrected chi connectivity index (χ3v) is 6.90. The van der Waals surface area contributed by atoms with Crippen molar-refractivity contribution in [3.63, 3.8) is 0 Å². The lowest BCUT2D eigenvalue weighted by Crippen LogP contribution is -2.43. The molecule has 0 aliphatic heterocycles. The molecule has 2 heterocycles. The van der Waals surface area contributed by atoms with Gasteiger partial charge in [-0.3, -0.25) is 0 Å². The van der Waals surface area contributed by atoms with Crippen LogP contribution in [0.15, 0.2) is 67.0 Å². The van der Waals surface area contributed by atoms with Crippen molar-refractivity contribution in [2.24, 2.45) is 5.92 Å². The number of aliphatic hydroxyl groups excluding tert-OH is 1. The van der Waals surface area contributed by atoms with Crippen molar-refractivity contribution in [1.82, 2.24) is 14.9 Å². The summed E-state index contributed by atoms with van der Waals surface area (Å²) in [7, 11) is 0. The number of amides is 2. The zero-order valence-electron chi connectivity index (χ0n) is 21.1. The molecule has 9 nitrogen and oxygen atoms in total. The minimum absolute atomic E-state index is 0.0730. The Balaban J connectivity index is 1.34. The second-order valence-electron chi connectivity index (χ2n) is 9.51. The number of urea groups is 1. The SMILES string of the molecule is Cc1c(NC(=O)NC(O)C2CCCCC2)cn2ncc(C#N)c(Nc3ccc(Oc4ccccc4)cc3)c12. The van der Waals surface area contributed by atoms with Gasteiger partial charge in [-0.1, -0.05) is 37.5 Å². The van der Waals surface area contributed by atoms with Crippen LogP contribution in [0.3, 0.4) is 0 Å². The maximum atomic E-state index is 12.7. The van der Waals surface area contributed by atoms with Gasteiger partial charge in [-0.05, 0) is 56.2 Å². The van der Waals surface area contributed by atoms with Crippen molar-refractivity contribution < 1.29 is 14.6 Å². The van der Waals surface area contributed by atoms with Crippen molar-refractivity contribution in [2.45, 2.75) is 45.3 Å². The maximum Gasteiger partial charge on any atom is 0.321 e. The second-order valence-corrected chi connectivity index (χ2v) is 9.51. The highest BCUT2D eigenvalue weighted by Crippen LogP contribution is 2.33. The predicted octanol–water partition coefficient (Wildman–Crippen LogP) is 6.07. The van der Waals surface area contributed by atoms with E-state index < -0.39 is 12.3 Å². The number of carbonyl (C=O) groups excluding carboxylic acids is 1. The average molecular weight is 511 g/mol. The van der Waals surface area contributed by atoms with Crippen LogP contribution in [0.1, 0.15) is 43.2 Å². The molecular formula is C29H30N6O3. The van der Waals surface area contributed by atoms with E-state index in [1.807, 2.05) is 61.5 Å². The van der Waals surface area contributed by atoms with Crippen molar-refractivity contribution >= 4 is 28.6 Å². The Morgan fingerprint density at radius 3 is 2.53 bits per heavy atom. The molecule has 0 saturated heterocycles. The first-order valence-corrected chi connectivity index (χ1v) is 12.8. The summed E-state index contributed by atoms with van der Waals surface area (Å²) in [6.07, 6.45) is 7.42. The zero-order chi connectivity index (χ0) is 26.5. The highest BCUT2D eigenvalue weighted by atomic mass is 16.5. The molecule has 2 amide bonds. The summed E-state index contributed by atoms with van der Waals surface area (Å²) in [6, 6.07) is 18.7. The summed E-state index contributed by atoms with van der Waals surface area (Å²) in [5.74, 6) is 1.51. The number of fused-ring (bicyclic) bond motifs is 1. The van der Waals surface area contributed by atoms with Crippen LogP contribution in [0, 0.1) is 24.2 Å². The van der Waals surface area contributed by atoms with Gasteiger partial charge in [0.05, 0.1) is 34.8 Å². The van der Waals surface area contributed by atoms with E-state index in [9.17, 15) is 15.2 Å². The number of nitrogens with one attached hydrogen (secondary N) is 3. The molecule has 2 aromatic carbocycles. The molecular weight excluding hydrogens is 480 g/mol. The maximum absolute atomic E-state index is 12.7. The van der Waals surface area contributed by atoms with E-state index >= 15 is 0 Å². The molecule has 5 rings (SSSR count). The van der Waals surface area contributed by atoms with Gasteiger partial charge >= 0.3 is 6.03 Å². The van der Waals surface area contributed by atoms with Crippen molar-refractivity contribution in [3.05, 3.63) is 78.1 Å². The van der Waals surface area contributed by atoms with Gasteiger partial charge in [0.25, 0.3) is 0 Å². The Morgan fingerprint density at radius 1 is 1.11 bits per heavy atom. The monoisotopic (exact) mass is 510 g/mol. The number of para-hydroxylation sites is 1. The number of aromatic nitrogens is 2. The van der Waals surface area contributed by atoms with Crippen molar-refractivity contribution in [2.75, 3.05) is 10.6 Å². The fourth-order valence-electron chi connectivity index (χ4n) is 4.86. The van der Waals surface area contributed by atoms with Crippen molar-refractivity contribution in [3.8, 4) is 17.6 Å². The summed E-state index contributed by atoms with van der Waals surface area (Å²) in [6.45, 7) is 1.85. The normalized spacial score (nSPS) is 14.4. The molecule has 1 atom stereocenters. The summed E-state index contributed by atoms with van der Waals surface area (Å²) in [5.41, 5.74) is 3.65. The number of aliphatic hydroxyl groups is 1. The molecule has 38 heavy (non-hydrogen) atoms. The van der Waals surface area contributed by atoms with Crippen LogP contribution in [0.4, 0.5) is 21.9 Å². The van der Waals surface area contributed by atoms with Crippen LogP contribution in [0.5, 0.6) is 11.5 Å². The van der Waals surface area contributed by atoms with Crippen LogP contribution in [-0.4, -0.2) is 27.0 Å². The highest BCUT2D eigenvalue weighted by Gasteiger charge is 2.24. The minimum atomic E-state index is -0.887. The van der Waals surface area contributed by atoms with E-state index in [1.54, 1.807) is 10.7 Å². The molecule has 9 heteroatoms. The first-order valence-electron chi connectivity index (χ1n) is 12.8. The van der Waals surface area contributed by atoms with E-state index in [2.05, 4.69) is 27.1 Å². The largest absolute Gasteiger partial charge is 0.457 e. The van der Waals surface area contributed by atoms with E-state index in [0.717, 1.165) is 42.7 Å². The van der Waals surface area contributed by atoms with Crippen LogP contribution >= 0.6 is 0 Å². The molecule has 1 saturated carbocycles. The number of hydrogen-bond donors (Lipinski definition) is 4. The minimum Gasteiger partial charge on any atom is -0.457 e. The number of anilines is 3. The third kappa shape index (κ3) is 5.56. The lowest BCUT2D eigenvalue weighted by Gasteiger charge is -2.27. The van der Waals surface area contributed by atoms with Gasteiger partial charge in [0.1, 0.15) is 23.8 Å². The Bertz CT molecular complexity index is 1450. The van der Waals surface area contributed by atoms with Crippen LogP contribution in [0.25, 0.3) is 5.52 Å². The molecule has 194 valence electrons.